The highest BCUT2D eigenvalue weighted by Gasteiger charge is 2.24. The Morgan fingerprint density at radius 3 is 2.94 bits per heavy atom. The van der Waals surface area contributed by atoms with Gasteiger partial charge in [0.25, 0.3) is 0 Å². The fourth-order valence-corrected chi connectivity index (χ4v) is 2.03. The molecule has 0 aromatic heterocycles. The van der Waals surface area contributed by atoms with Crippen LogP contribution in [0.25, 0.3) is 0 Å². The van der Waals surface area contributed by atoms with Crippen LogP contribution in [0.4, 0.5) is 5.69 Å². The lowest BCUT2D eigenvalue weighted by Crippen LogP contribution is -2.57. The van der Waals surface area contributed by atoms with Gasteiger partial charge >= 0.3 is 0 Å². The molecule has 1 aliphatic rings. The van der Waals surface area contributed by atoms with Gasteiger partial charge in [-0.15, -0.1) is 0 Å². The van der Waals surface area contributed by atoms with E-state index in [0.717, 1.165) is 24.3 Å². The average molecular weight is 254 g/mol. The molecule has 1 aromatic carbocycles. The Bertz CT molecular complexity index is 430. The van der Waals surface area contributed by atoms with E-state index in [0.29, 0.717) is 11.6 Å². The third kappa shape index (κ3) is 3.19. The highest BCUT2D eigenvalue weighted by Crippen LogP contribution is 2.20. The zero-order valence-corrected chi connectivity index (χ0v) is 10.5. The van der Waals surface area contributed by atoms with Crippen LogP contribution in [0, 0.1) is 6.92 Å². The molecule has 0 radical (unpaired) electrons. The maximum Gasteiger partial charge on any atom is 0.238 e. The number of benzene rings is 1. The third-order valence-electron chi connectivity index (χ3n) is 2.83. The first kappa shape index (κ1) is 12.4. The minimum Gasteiger partial charge on any atom is -0.325 e. The summed E-state index contributed by atoms with van der Waals surface area (Å²) in [5.41, 5.74) is 7.42. The largest absolute Gasteiger partial charge is 0.325 e. The van der Waals surface area contributed by atoms with E-state index in [-0.39, 0.29) is 11.9 Å². The lowest BCUT2D eigenvalue weighted by Gasteiger charge is -2.36. The number of nitrogens with one attached hydrogen (secondary N) is 1. The predicted octanol–water partition coefficient (Wildman–Crippen LogP) is 1.23. The Labute approximate surface area is 106 Å². The van der Waals surface area contributed by atoms with Crippen molar-refractivity contribution in [3.05, 3.63) is 28.8 Å². The third-order valence-corrected chi connectivity index (χ3v) is 3.06. The van der Waals surface area contributed by atoms with Crippen molar-refractivity contribution in [1.82, 2.24) is 4.90 Å². The van der Waals surface area contributed by atoms with Gasteiger partial charge in [-0.05, 0) is 24.6 Å². The van der Waals surface area contributed by atoms with Crippen LogP contribution in [0.15, 0.2) is 18.2 Å². The number of anilines is 1. The molecule has 1 aliphatic heterocycles. The molecule has 17 heavy (non-hydrogen) atoms. The Morgan fingerprint density at radius 1 is 1.59 bits per heavy atom. The van der Waals surface area contributed by atoms with Gasteiger partial charge < -0.3 is 11.1 Å². The van der Waals surface area contributed by atoms with E-state index >= 15 is 0 Å². The lowest BCUT2D eigenvalue weighted by atomic mass is 10.1. The van der Waals surface area contributed by atoms with Crippen molar-refractivity contribution in [2.45, 2.75) is 13.0 Å². The second kappa shape index (κ2) is 5.04. The molecule has 0 unspecified atom stereocenters. The summed E-state index contributed by atoms with van der Waals surface area (Å²) in [5, 5.41) is 3.48. The number of likely N-dealkylation sites (tertiary alicyclic amines) is 1. The molecule has 5 heteroatoms. The number of carbonyl (C=O) groups is 1. The van der Waals surface area contributed by atoms with Gasteiger partial charge in [0.05, 0.1) is 6.54 Å². The highest BCUT2D eigenvalue weighted by molar-refractivity contribution is 6.31. The van der Waals surface area contributed by atoms with Gasteiger partial charge in [-0.25, -0.2) is 0 Å². The van der Waals surface area contributed by atoms with Gasteiger partial charge in [0.1, 0.15) is 0 Å². The molecule has 1 saturated heterocycles. The van der Waals surface area contributed by atoms with Crippen LogP contribution in [0.2, 0.25) is 5.02 Å². The number of hydrogen-bond acceptors (Lipinski definition) is 3. The summed E-state index contributed by atoms with van der Waals surface area (Å²) < 4.78 is 0. The zero-order chi connectivity index (χ0) is 12.4. The van der Waals surface area contributed by atoms with Gasteiger partial charge in [-0.1, -0.05) is 17.7 Å². The van der Waals surface area contributed by atoms with E-state index < -0.39 is 0 Å². The molecule has 1 amide bonds. The number of halogens is 1. The van der Waals surface area contributed by atoms with E-state index in [1.165, 1.54) is 0 Å². The Kier molecular flexibility index (Phi) is 3.66. The van der Waals surface area contributed by atoms with Gasteiger partial charge in [-0.2, -0.15) is 0 Å². The molecule has 0 spiro atoms. The average Bonchev–Trinajstić information content (AvgIpc) is 2.21. The lowest BCUT2D eigenvalue weighted by molar-refractivity contribution is -0.118. The summed E-state index contributed by atoms with van der Waals surface area (Å²) >= 11 is 5.89. The Morgan fingerprint density at radius 2 is 2.29 bits per heavy atom. The van der Waals surface area contributed by atoms with Crippen molar-refractivity contribution >= 4 is 23.2 Å². The van der Waals surface area contributed by atoms with Gasteiger partial charge in [0.15, 0.2) is 0 Å². The second-order valence-electron chi connectivity index (χ2n) is 4.46. The molecule has 0 bridgehead atoms. The van der Waals surface area contributed by atoms with Gasteiger partial charge in [-0.3, -0.25) is 9.69 Å². The van der Waals surface area contributed by atoms with Crippen LogP contribution in [0.5, 0.6) is 0 Å². The number of nitrogens with two attached hydrogens (primary N) is 1. The van der Waals surface area contributed by atoms with Gasteiger partial charge in [0, 0.05) is 29.8 Å². The summed E-state index contributed by atoms with van der Waals surface area (Å²) in [7, 11) is 0. The molecule has 3 N–H and O–H groups in total. The summed E-state index contributed by atoms with van der Waals surface area (Å²) in [6.45, 7) is 3.91. The summed E-state index contributed by atoms with van der Waals surface area (Å²) in [4.78, 5) is 13.8. The van der Waals surface area contributed by atoms with Crippen LogP contribution in [0.1, 0.15) is 5.56 Å². The molecule has 92 valence electrons. The SMILES string of the molecule is Cc1ccc(Cl)cc1NC(=O)CN1CC(N)C1. The number of rotatable bonds is 3. The maximum atomic E-state index is 11.7. The van der Waals surface area contributed by atoms with E-state index in [4.69, 9.17) is 17.3 Å². The van der Waals surface area contributed by atoms with E-state index in [2.05, 4.69) is 5.32 Å². The standard InChI is InChI=1S/C12H16ClN3O/c1-8-2-3-9(13)4-11(8)15-12(17)7-16-5-10(14)6-16/h2-4,10H,5-7,14H2,1H3,(H,15,17). The minimum atomic E-state index is -0.0257. The molecular formula is C12H16ClN3O. The number of amides is 1. The topological polar surface area (TPSA) is 58.4 Å². The van der Waals surface area contributed by atoms with Gasteiger partial charge in [0.2, 0.25) is 5.91 Å². The van der Waals surface area contributed by atoms with E-state index in [9.17, 15) is 4.79 Å². The first-order chi connectivity index (χ1) is 8.04. The quantitative estimate of drug-likeness (QED) is 0.852. The molecule has 1 heterocycles. The number of carbonyl (C=O) groups excluding carboxylic acids is 1. The van der Waals surface area contributed by atoms with Crippen molar-refractivity contribution in [3.63, 3.8) is 0 Å². The molecule has 1 fully saturated rings. The van der Waals surface area contributed by atoms with Crippen molar-refractivity contribution in [3.8, 4) is 0 Å². The van der Waals surface area contributed by atoms with E-state index in [1.54, 1.807) is 12.1 Å². The fourth-order valence-electron chi connectivity index (χ4n) is 1.86. The first-order valence-electron chi connectivity index (χ1n) is 5.58. The molecule has 0 atom stereocenters. The molecule has 2 rings (SSSR count). The maximum absolute atomic E-state index is 11.7. The monoisotopic (exact) mass is 253 g/mol. The summed E-state index contributed by atoms with van der Waals surface area (Å²) in [5.74, 6) is -0.0257. The number of aryl methyl sites for hydroxylation is 1. The van der Waals surface area contributed by atoms with Crippen LogP contribution < -0.4 is 11.1 Å². The number of nitrogens with zero attached hydrogens (tertiary/aromatic N) is 1. The smallest absolute Gasteiger partial charge is 0.238 e. The van der Waals surface area contributed by atoms with Crippen molar-refractivity contribution < 1.29 is 4.79 Å². The molecular weight excluding hydrogens is 238 g/mol. The normalized spacial score (nSPS) is 16.6. The van der Waals surface area contributed by atoms with Crippen LogP contribution in [-0.2, 0) is 4.79 Å². The minimum absolute atomic E-state index is 0.0257. The van der Waals surface area contributed by atoms with Crippen LogP contribution in [0.3, 0.4) is 0 Å². The Balaban J connectivity index is 1.91. The summed E-state index contributed by atoms with van der Waals surface area (Å²) in [6.07, 6.45) is 0. The molecule has 1 aromatic rings. The molecule has 0 aliphatic carbocycles. The molecule has 4 nitrogen and oxygen atoms in total. The highest BCUT2D eigenvalue weighted by atomic mass is 35.5. The predicted molar refractivity (Wildman–Crippen MR) is 69.2 cm³/mol. The first-order valence-corrected chi connectivity index (χ1v) is 5.96. The van der Waals surface area contributed by atoms with Crippen molar-refractivity contribution in [2.24, 2.45) is 5.73 Å². The van der Waals surface area contributed by atoms with Crippen molar-refractivity contribution in [1.29, 1.82) is 0 Å². The van der Waals surface area contributed by atoms with E-state index in [1.807, 2.05) is 17.9 Å². The van der Waals surface area contributed by atoms with Crippen LogP contribution >= 0.6 is 11.6 Å². The zero-order valence-electron chi connectivity index (χ0n) is 9.74. The number of hydrogen-bond donors (Lipinski definition) is 2. The molecule has 0 saturated carbocycles. The van der Waals surface area contributed by atoms with Crippen LogP contribution in [-0.4, -0.2) is 36.5 Å². The fraction of sp³-hybridized carbons (Fsp3) is 0.417. The van der Waals surface area contributed by atoms with Crippen molar-refractivity contribution in [2.75, 3.05) is 25.0 Å². The summed E-state index contributed by atoms with van der Waals surface area (Å²) in [6, 6.07) is 5.67. The Hall–Kier alpha value is -1.10. The second-order valence-corrected chi connectivity index (χ2v) is 4.90.